The fraction of sp³-hybridized carbons (Fsp3) is 0.250. The van der Waals surface area contributed by atoms with Gasteiger partial charge in [-0.15, -0.1) is 18.3 Å². The summed E-state index contributed by atoms with van der Waals surface area (Å²) in [7, 11) is 0. The van der Waals surface area contributed by atoms with Crippen LogP contribution in [0.5, 0.6) is 5.75 Å². The van der Waals surface area contributed by atoms with Gasteiger partial charge in [0, 0.05) is 5.56 Å². The van der Waals surface area contributed by atoms with Crippen LogP contribution in [-0.2, 0) is 16.0 Å². The molecule has 0 saturated heterocycles. The lowest BCUT2D eigenvalue weighted by molar-refractivity contribution is -0.274. The van der Waals surface area contributed by atoms with Gasteiger partial charge in [0.25, 0.3) is 0 Å². The van der Waals surface area contributed by atoms with E-state index < -0.39 is 6.36 Å². The molecule has 4 rings (SSSR count). The van der Waals surface area contributed by atoms with Crippen molar-refractivity contribution in [1.29, 1.82) is 0 Å². The quantitative estimate of drug-likeness (QED) is 0.219. The molecule has 192 valence electrons. The van der Waals surface area contributed by atoms with Gasteiger partial charge in [0.1, 0.15) is 18.2 Å². The van der Waals surface area contributed by atoms with E-state index in [1.165, 1.54) is 35.3 Å². The molecule has 0 aliphatic heterocycles. The molecule has 1 aromatic heterocycles. The average Bonchev–Trinajstić information content (AvgIpc) is 3.37. The summed E-state index contributed by atoms with van der Waals surface area (Å²) in [6.45, 7) is 2.10. The van der Waals surface area contributed by atoms with Crippen LogP contribution in [0.4, 0.5) is 13.2 Å². The zero-order valence-corrected chi connectivity index (χ0v) is 20.2. The Morgan fingerprint density at radius 3 is 2.32 bits per heavy atom. The van der Waals surface area contributed by atoms with Gasteiger partial charge in [-0.25, -0.2) is 9.67 Å². The predicted molar refractivity (Wildman–Crippen MR) is 132 cm³/mol. The van der Waals surface area contributed by atoms with Crippen molar-refractivity contribution in [2.75, 3.05) is 0 Å². The second-order valence-electron chi connectivity index (χ2n) is 8.46. The standard InChI is InChI=1S/C28H26F3N3O3/c1-2-3-9-25(21-7-5-4-6-8-21)36-26(35)18-20-10-12-22(13-11-20)27-32-19-34(33-27)23-14-16-24(17-15-23)37-28(29,30)31/h4-8,10-17,19,25H,2-3,9,18H2,1H3. The Balaban J connectivity index is 1.38. The SMILES string of the molecule is CCCCC(OC(=O)Cc1ccc(-c2ncn(-c3ccc(OC(F)(F)F)cc3)n2)cc1)c1ccccc1. The zero-order chi connectivity index (χ0) is 26.3. The van der Waals surface area contributed by atoms with E-state index in [-0.39, 0.29) is 24.2 Å². The number of carbonyl (C=O) groups excluding carboxylic acids is 1. The van der Waals surface area contributed by atoms with Gasteiger partial charge >= 0.3 is 12.3 Å². The van der Waals surface area contributed by atoms with E-state index in [2.05, 4.69) is 21.7 Å². The summed E-state index contributed by atoms with van der Waals surface area (Å²) in [5.74, 6) is -0.169. The number of esters is 1. The van der Waals surface area contributed by atoms with Crippen LogP contribution >= 0.6 is 0 Å². The highest BCUT2D eigenvalue weighted by Gasteiger charge is 2.31. The van der Waals surface area contributed by atoms with Gasteiger partial charge in [-0.3, -0.25) is 4.79 Å². The Hall–Kier alpha value is -4.14. The molecular weight excluding hydrogens is 483 g/mol. The predicted octanol–water partition coefficient (Wildman–Crippen LogP) is 6.85. The maximum atomic E-state index is 12.7. The number of alkyl halides is 3. The van der Waals surface area contributed by atoms with E-state index in [9.17, 15) is 18.0 Å². The van der Waals surface area contributed by atoms with Crippen molar-refractivity contribution in [3.63, 3.8) is 0 Å². The van der Waals surface area contributed by atoms with Crippen molar-refractivity contribution in [3.05, 3.63) is 96.3 Å². The number of benzene rings is 3. The largest absolute Gasteiger partial charge is 0.573 e. The number of unbranched alkanes of at least 4 members (excludes halogenated alkanes) is 1. The molecule has 37 heavy (non-hydrogen) atoms. The van der Waals surface area contributed by atoms with Crippen LogP contribution in [0, 0.1) is 0 Å². The molecule has 4 aromatic rings. The van der Waals surface area contributed by atoms with Crippen molar-refractivity contribution in [2.45, 2.75) is 45.1 Å². The Bertz CT molecular complexity index is 1290. The molecule has 0 saturated carbocycles. The number of rotatable bonds is 10. The summed E-state index contributed by atoms with van der Waals surface area (Å²) in [5.41, 5.74) is 3.06. The molecule has 9 heteroatoms. The number of nitrogens with zero attached hydrogens (tertiary/aromatic N) is 3. The fourth-order valence-electron chi connectivity index (χ4n) is 3.81. The van der Waals surface area contributed by atoms with Crippen molar-refractivity contribution >= 4 is 5.97 Å². The normalized spacial score (nSPS) is 12.2. The zero-order valence-electron chi connectivity index (χ0n) is 20.2. The molecule has 6 nitrogen and oxygen atoms in total. The highest BCUT2D eigenvalue weighted by Crippen LogP contribution is 2.26. The molecule has 3 aromatic carbocycles. The van der Waals surface area contributed by atoms with Crippen LogP contribution in [0.2, 0.25) is 0 Å². The first-order chi connectivity index (χ1) is 17.8. The van der Waals surface area contributed by atoms with Gasteiger partial charge in [0.15, 0.2) is 5.82 Å². The Labute approximate surface area is 212 Å². The fourth-order valence-corrected chi connectivity index (χ4v) is 3.81. The smallest absolute Gasteiger partial charge is 0.457 e. The molecule has 1 heterocycles. The summed E-state index contributed by atoms with van der Waals surface area (Å²) < 4.78 is 48.2. The van der Waals surface area contributed by atoms with Crippen LogP contribution in [0.3, 0.4) is 0 Å². The second-order valence-corrected chi connectivity index (χ2v) is 8.46. The van der Waals surface area contributed by atoms with Crippen LogP contribution in [-0.4, -0.2) is 27.1 Å². The van der Waals surface area contributed by atoms with Gasteiger partial charge < -0.3 is 9.47 Å². The van der Waals surface area contributed by atoms with Crippen LogP contribution in [0.25, 0.3) is 17.1 Å². The summed E-state index contributed by atoms with van der Waals surface area (Å²) in [4.78, 5) is 16.9. The number of aromatic nitrogens is 3. The van der Waals surface area contributed by atoms with Gasteiger partial charge in [-0.1, -0.05) is 67.9 Å². The van der Waals surface area contributed by atoms with Crippen LogP contribution in [0.1, 0.15) is 43.4 Å². The summed E-state index contributed by atoms with van der Waals surface area (Å²) >= 11 is 0. The molecule has 0 aliphatic rings. The number of hydrogen-bond acceptors (Lipinski definition) is 5. The molecule has 1 atom stereocenters. The summed E-state index contributed by atoms with van der Waals surface area (Å²) in [5, 5.41) is 4.40. The Morgan fingerprint density at radius 1 is 0.973 bits per heavy atom. The first-order valence-electron chi connectivity index (χ1n) is 11.9. The van der Waals surface area contributed by atoms with Crippen molar-refractivity contribution < 1.29 is 27.4 Å². The number of ether oxygens (including phenoxy) is 2. The molecular formula is C28H26F3N3O3. The maximum Gasteiger partial charge on any atom is 0.573 e. The topological polar surface area (TPSA) is 66.2 Å². The monoisotopic (exact) mass is 509 g/mol. The van der Waals surface area contributed by atoms with Gasteiger partial charge in [0.05, 0.1) is 12.1 Å². The third-order valence-corrected chi connectivity index (χ3v) is 5.65. The molecule has 0 bridgehead atoms. The van der Waals surface area contributed by atoms with Gasteiger partial charge in [-0.05, 0) is 48.2 Å². The molecule has 0 aliphatic carbocycles. The third-order valence-electron chi connectivity index (χ3n) is 5.65. The average molecular weight is 510 g/mol. The first kappa shape index (κ1) is 25.9. The minimum absolute atomic E-state index is 0.143. The highest BCUT2D eigenvalue weighted by atomic mass is 19.4. The third kappa shape index (κ3) is 7.42. The Morgan fingerprint density at radius 2 is 1.68 bits per heavy atom. The van der Waals surface area contributed by atoms with Gasteiger partial charge in [0.2, 0.25) is 0 Å². The molecule has 0 fully saturated rings. The summed E-state index contributed by atoms with van der Waals surface area (Å²) in [6.07, 6.45) is -0.641. The Kier molecular flexibility index (Phi) is 8.22. The molecule has 0 amide bonds. The van der Waals surface area contributed by atoms with E-state index in [1.807, 2.05) is 54.6 Å². The highest BCUT2D eigenvalue weighted by molar-refractivity contribution is 5.73. The van der Waals surface area contributed by atoms with E-state index in [4.69, 9.17) is 4.74 Å². The maximum absolute atomic E-state index is 12.7. The van der Waals surface area contributed by atoms with Crippen LogP contribution < -0.4 is 4.74 Å². The van der Waals surface area contributed by atoms with Crippen molar-refractivity contribution in [2.24, 2.45) is 0 Å². The van der Waals surface area contributed by atoms with Crippen molar-refractivity contribution in [3.8, 4) is 22.8 Å². The lowest BCUT2D eigenvalue weighted by atomic mass is 10.0. The van der Waals surface area contributed by atoms with E-state index >= 15 is 0 Å². The van der Waals surface area contributed by atoms with Gasteiger partial charge in [-0.2, -0.15) is 0 Å². The van der Waals surface area contributed by atoms with E-state index in [0.717, 1.165) is 36.0 Å². The minimum atomic E-state index is -4.75. The summed E-state index contributed by atoms with van der Waals surface area (Å²) in [6, 6.07) is 22.4. The van der Waals surface area contributed by atoms with Crippen LogP contribution in [0.15, 0.2) is 85.2 Å². The van der Waals surface area contributed by atoms with E-state index in [1.54, 1.807) is 0 Å². The van der Waals surface area contributed by atoms with E-state index in [0.29, 0.717) is 11.5 Å². The molecule has 0 N–H and O–H groups in total. The number of carbonyl (C=O) groups is 1. The lowest BCUT2D eigenvalue weighted by Gasteiger charge is -2.18. The molecule has 0 radical (unpaired) electrons. The minimum Gasteiger partial charge on any atom is -0.457 e. The van der Waals surface area contributed by atoms with Crippen molar-refractivity contribution in [1.82, 2.24) is 14.8 Å². The number of halogens is 3. The first-order valence-corrected chi connectivity index (χ1v) is 11.9. The molecule has 0 spiro atoms. The lowest BCUT2D eigenvalue weighted by Crippen LogP contribution is -2.17. The second kappa shape index (κ2) is 11.7. The number of hydrogen-bond donors (Lipinski definition) is 0. The molecule has 1 unspecified atom stereocenters.